The largest absolute Gasteiger partial charge is 0.354 e. The van der Waals surface area contributed by atoms with E-state index in [1.165, 1.54) is 4.68 Å². The third kappa shape index (κ3) is 2.73. The molecule has 1 fully saturated rings. The Bertz CT molecular complexity index is 987. The molecule has 0 saturated carbocycles. The second kappa shape index (κ2) is 6.15. The van der Waals surface area contributed by atoms with Crippen molar-refractivity contribution in [1.29, 1.82) is 0 Å². The van der Waals surface area contributed by atoms with Gasteiger partial charge in [0.15, 0.2) is 0 Å². The van der Waals surface area contributed by atoms with Crippen molar-refractivity contribution in [2.45, 2.75) is 19.1 Å². The van der Waals surface area contributed by atoms with Gasteiger partial charge in [-0.25, -0.2) is 14.2 Å². The third-order valence-corrected chi connectivity index (χ3v) is 4.97. The van der Waals surface area contributed by atoms with Gasteiger partial charge < -0.3 is 4.90 Å². The van der Waals surface area contributed by atoms with E-state index in [1.807, 2.05) is 29.2 Å². The number of aromatic nitrogens is 4. The molecule has 3 aromatic rings. The highest BCUT2D eigenvalue weighted by Gasteiger charge is 2.30. The van der Waals surface area contributed by atoms with Gasteiger partial charge in [-0.15, -0.1) is 0 Å². The summed E-state index contributed by atoms with van der Waals surface area (Å²) in [7, 11) is 0. The van der Waals surface area contributed by atoms with Crippen molar-refractivity contribution in [2.75, 3.05) is 22.9 Å². The molecule has 8 heteroatoms. The van der Waals surface area contributed by atoms with E-state index in [4.69, 9.17) is 0 Å². The smallest absolute Gasteiger partial charge is 0.349 e. The van der Waals surface area contributed by atoms with Gasteiger partial charge in [-0.3, -0.25) is 9.88 Å². The average Bonchev–Trinajstić information content (AvgIpc) is 3.39. The number of halogens is 1. The number of anilines is 2. The Kier molecular flexibility index (Phi) is 3.63. The standard InChI is InChI=1S/C19H17FN6O/c20-14-5-7-24(11-14)18-4-3-13(9-22-18)17-8-16-12-25(19(27)26(16)23-17)15-2-1-6-21-10-15/h1-4,6,8-10,14H,5,7,11-12H2. The van der Waals surface area contributed by atoms with Gasteiger partial charge in [-0.05, 0) is 36.8 Å². The molecule has 1 unspecified atom stereocenters. The van der Waals surface area contributed by atoms with Gasteiger partial charge >= 0.3 is 6.03 Å². The van der Waals surface area contributed by atoms with Crippen LogP contribution in [0.2, 0.25) is 0 Å². The molecule has 0 spiro atoms. The summed E-state index contributed by atoms with van der Waals surface area (Å²) >= 11 is 0. The zero-order valence-corrected chi connectivity index (χ0v) is 14.5. The predicted molar refractivity (Wildman–Crippen MR) is 98.4 cm³/mol. The summed E-state index contributed by atoms with van der Waals surface area (Å²) < 4.78 is 14.8. The molecule has 0 bridgehead atoms. The summed E-state index contributed by atoms with van der Waals surface area (Å²) in [4.78, 5) is 24.7. The summed E-state index contributed by atoms with van der Waals surface area (Å²) in [6.07, 6.45) is 4.83. The zero-order valence-electron chi connectivity index (χ0n) is 14.5. The topological polar surface area (TPSA) is 67.2 Å². The number of pyridine rings is 2. The summed E-state index contributed by atoms with van der Waals surface area (Å²) in [5.41, 5.74) is 3.10. The van der Waals surface area contributed by atoms with Crippen LogP contribution >= 0.6 is 0 Å². The van der Waals surface area contributed by atoms with E-state index in [1.54, 1.807) is 29.6 Å². The first-order valence-electron chi connectivity index (χ1n) is 8.85. The fraction of sp³-hybridized carbons (Fsp3) is 0.263. The highest BCUT2D eigenvalue weighted by atomic mass is 19.1. The Morgan fingerprint density at radius 1 is 1.19 bits per heavy atom. The van der Waals surface area contributed by atoms with Gasteiger partial charge in [-0.2, -0.15) is 9.78 Å². The molecule has 1 amide bonds. The van der Waals surface area contributed by atoms with E-state index in [0.29, 0.717) is 31.7 Å². The van der Waals surface area contributed by atoms with Gasteiger partial charge in [0.1, 0.15) is 12.0 Å². The minimum atomic E-state index is -0.781. The van der Waals surface area contributed by atoms with Crippen LogP contribution in [0.15, 0.2) is 48.9 Å². The number of rotatable bonds is 3. The molecule has 7 nitrogen and oxygen atoms in total. The average molecular weight is 364 g/mol. The maximum Gasteiger partial charge on any atom is 0.349 e. The highest BCUT2D eigenvalue weighted by molar-refractivity contribution is 5.96. The molecule has 0 radical (unpaired) electrons. The molecule has 3 aromatic heterocycles. The van der Waals surface area contributed by atoms with Crippen molar-refractivity contribution in [3.8, 4) is 11.3 Å². The maximum atomic E-state index is 13.4. The predicted octanol–water partition coefficient (Wildman–Crippen LogP) is 2.88. The SMILES string of the molecule is O=C1N(c2cccnc2)Cc2cc(-c3ccc(N4CCC(F)C4)nc3)nn21. The molecular weight excluding hydrogens is 347 g/mol. The van der Waals surface area contributed by atoms with E-state index in [-0.39, 0.29) is 6.03 Å². The van der Waals surface area contributed by atoms with E-state index in [2.05, 4.69) is 15.1 Å². The molecule has 0 aliphatic carbocycles. The van der Waals surface area contributed by atoms with Crippen molar-refractivity contribution < 1.29 is 9.18 Å². The number of alkyl halides is 1. The van der Waals surface area contributed by atoms with Crippen LogP contribution in [0.1, 0.15) is 12.1 Å². The van der Waals surface area contributed by atoms with Crippen LogP contribution in [0.25, 0.3) is 11.3 Å². The first kappa shape index (κ1) is 15.9. The summed E-state index contributed by atoms with van der Waals surface area (Å²) in [6, 6.07) is 9.14. The van der Waals surface area contributed by atoms with Crippen molar-refractivity contribution in [3.05, 3.63) is 54.6 Å². The van der Waals surface area contributed by atoms with Gasteiger partial charge in [0, 0.05) is 24.5 Å². The lowest BCUT2D eigenvalue weighted by atomic mass is 10.2. The van der Waals surface area contributed by atoms with Gasteiger partial charge in [0.05, 0.1) is 36.4 Å². The highest BCUT2D eigenvalue weighted by Crippen LogP contribution is 2.28. The lowest BCUT2D eigenvalue weighted by Crippen LogP contribution is -2.26. The van der Waals surface area contributed by atoms with E-state index >= 15 is 0 Å². The summed E-state index contributed by atoms with van der Waals surface area (Å²) in [5.74, 6) is 0.768. The van der Waals surface area contributed by atoms with Crippen molar-refractivity contribution in [2.24, 2.45) is 0 Å². The molecule has 136 valence electrons. The lowest BCUT2D eigenvalue weighted by molar-refractivity contribution is 0.248. The first-order valence-corrected chi connectivity index (χ1v) is 8.85. The Balaban J connectivity index is 1.37. The van der Waals surface area contributed by atoms with Gasteiger partial charge in [-0.1, -0.05) is 0 Å². The molecular formula is C19H17FN6O. The van der Waals surface area contributed by atoms with Crippen LogP contribution in [0, 0.1) is 0 Å². The molecule has 0 N–H and O–H groups in total. The molecule has 27 heavy (non-hydrogen) atoms. The number of hydrogen-bond acceptors (Lipinski definition) is 5. The van der Waals surface area contributed by atoms with E-state index < -0.39 is 6.17 Å². The lowest BCUT2D eigenvalue weighted by Gasteiger charge is -2.16. The Morgan fingerprint density at radius 3 is 2.78 bits per heavy atom. The van der Waals surface area contributed by atoms with Gasteiger partial charge in [0.2, 0.25) is 0 Å². The molecule has 1 atom stereocenters. The molecule has 1 saturated heterocycles. The number of fused-ring (bicyclic) bond motifs is 1. The van der Waals surface area contributed by atoms with Crippen LogP contribution in [0.3, 0.4) is 0 Å². The van der Waals surface area contributed by atoms with Crippen molar-refractivity contribution >= 4 is 17.5 Å². The van der Waals surface area contributed by atoms with E-state index in [9.17, 15) is 9.18 Å². The minimum Gasteiger partial charge on any atom is -0.354 e. The fourth-order valence-corrected chi connectivity index (χ4v) is 3.55. The molecule has 5 heterocycles. The first-order chi connectivity index (χ1) is 13.2. The van der Waals surface area contributed by atoms with Crippen molar-refractivity contribution in [1.82, 2.24) is 19.7 Å². The summed E-state index contributed by atoms with van der Waals surface area (Å²) in [6.45, 7) is 1.53. The number of hydrogen-bond donors (Lipinski definition) is 0. The quantitative estimate of drug-likeness (QED) is 0.715. The third-order valence-electron chi connectivity index (χ3n) is 4.97. The molecule has 5 rings (SSSR count). The van der Waals surface area contributed by atoms with Crippen molar-refractivity contribution in [3.63, 3.8) is 0 Å². The van der Waals surface area contributed by atoms with Crippen LogP contribution in [0.5, 0.6) is 0 Å². The fourth-order valence-electron chi connectivity index (χ4n) is 3.55. The number of carbonyl (C=O) groups is 1. The van der Waals surface area contributed by atoms with Crippen LogP contribution in [-0.4, -0.2) is 45.0 Å². The zero-order chi connectivity index (χ0) is 18.4. The van der Waals surface area contributed by atoms with Crippen LogP contribution in [0.4, 0.5) is 20.7 Å². The second-order valence-electron chi connectivity index (χ2n) is 6.75. The number of nitrogens with zero attached hydrogens (tertiary/aromatic N) is 6. The van der Waals surface area contributed by atoms with Crippen LogP contribution < -0.4 is 9.80 Å². The number of amides is 1. The summed E-state index contributed by atoms with van der Waals surface area (Å²) in [5, 5.41) is 4.45. The van der Waals surface area contributed by atoms with E-state index in [0.717, 1.165) is 22.8 Å². The Hall–Kier alpha value is -3.29. The normalized spacial score (nSPS) is 19.0. The molecule has 0 aromatic carbocycles. The number of carbonyl (C=O) groups excluding carboxylic acids is 1. The molecule has 2 aliphatic rings. The maximum absolute atomic E-state index is 13.4. The Labute approximate surface area is 155 Å². The van der Waals surface area contributed by atoms with Gasteiger partial charge in [0.25, 0.3) is 0 Å². The van der Waals surface area contributed by atoms with Crippen LogP contribution in [-0.2, 0) is 6.54 Å². The second-order valence-corrected chi connectivity index (χ2v) is 6.75. The Morgan fingerprint density at radius 2 is 2.11 bits per heavy atom. The monoisotopic (exact) mass is 364 g/mol. The minimum absolute atomic E-state index is 0.195. The molecule has 2 aliphatic heterocycles.